The molecular formula is C13H22N2O2. The predicted molar refractivity (Wildman–Crippen MR) is 66.7 cm³/mol. The van der Waals surface area contributed by atoms with Crippen LogP contribution >= 0.6 is 0 Å². The molecule has 0 amide bonds. The van der Waals surface area contributed by atoms with Crippen molar-refractivity contribution in [2.24, 2.45) is 5.73 Å². The van der Waals surface area contributed by atoms with Gasteiger partial charge in [0.05, 0.1) is 12.4 Å². The molecule has 0 unspecified atom stereocenters. The summed E-state index contributed by atoms with van der Waals surface area (Å²) in [4.78, 5) is 2.33. The molecule has 1 aliphatic rings. The van der Waals surface area contributed by atoms with Gasteiger partial charge in [-0.15, -0.1) is 0 Å². The van der Waals surface area contributed by atoms with Gasteiger partial charge in [0.15, 0.2) is 0 Å². The number of nitrogens with two attached hydrogens (primary N) is 1. The van der Waals surface area contributed by atoms with Crippen molar-refractivity contribution < 1.29 is 9.15 Å². The van der Waals surface area contributed by atoms with E-state index in [1.807, 2.05) is 13.0 Å². The summed E-state index contributed by atoms with van der Waals surface area (Å²) in [6, 6.07) is 2.03. The Hall–Kier alpha value is -0.840. The summed E-state index contributed by atoms with van der Waals surface area (Å²) in [5, 5.41) is 0. The number of furan rings is 1. The van der Waals surface area contributed by atoms with Crippen LogP contribution in [0.2, 0.25) is 0 Å². The average Bonchev–Trinajstić information content (AvgIpc) is 2.64. The lowest BCUT2D eigenvalue weighted by molar-refractivity contribution is -0.0812. The SMILES string of the molecule is COC1CC(CN)(N(C)Cc2ccoc2C)C1. The second kappa shape index (κ2) is 4.80. The zero-order valence-electron chi connectivity index (χ0n) is 10.9. The lowest BCUT2D eigenvalue weighted by atomic mass is 9.73. The van der Waals surface area contributed by atoms with Crippen molar-refractivity contribution in [3.8, 4) is 0 Å². The topological polar surface area (TPSA) is 51.6 Å². The third-order valence-electron chi connectivity index (χ3n) is 4.11. The van der Waals surface area contributed by atoms with E-state index in [2.05, 4.69) is 11.9 Å². The Morgan fingerprint density at radius 1 is 1.59 bits per heavy atom. The van der Waals surface area contributed by atoms with Crippen LogP contribution in [0.4, 0.5) is 0 Å². The molecule has 96 valence electrons. The Kier molecular flexibility index (Phi) is 3.56. The number of aryl methyl sites for hydroxylation is 1. The third kappa shape index (κ3) is 2.25. The molecule has 0 aliphatic heterocycles. The maximum Gasteiger partial charge on any atom is 0.105 e. The minimum atomic E-state index is 0.102. The van der Waals surface area contributed by atoms with E-state index in [9.17, 15) is 0 Å². The van der Waals surface area contributed by atoms with Gasteiger partial charge in [0, 0.05) is 31.3 Å². The number of methoxy groups -OCH3 is 1. The van der Waals surface area contributed by atoms with Crippen molar-refractivity contribution in [3.05, 3.63) is 23.7 Å². The smallest absolute Gasteiger partial charge is 0.105 e. The van der Waals surface area contributed by atoms with Gasteiger partial charge in [0.1, 0.15) is 5.76 Å². The minimum Gasteiger partial charge on any atom is -0.469 e. The summed E-state index contributed by atoms with van der Waals surface area (Å²) in [7, 11) is 3.90. The van der Waals surface area contributed by atoms with Gasteiger partial charge < -0.3 is 14.9 Å². The molecule has 0 atom stereocenters. The first kappa shape index (κ1) is 12.6. The van der Waals surface area contributed by atoms with Gasteiger partial charge in [-0.05, 0) is 32.9 Å². The zero-order valence-corrected chi connectivity index (χ0v) is 10.9. The zero-order chi connectivity index (χ0) is 12.5. The van der Waals surface area contributed by atoms with Crippen LogP contribution in [0.25, 0.3) is 0 Å². The maximum absolute atomic E-state index is 5.93. The van der Waals surface area contributed by atoms with E-state index in [0.717, 1.165) is 25.1 Å². The first-order valence-corrected chi connectivity index (χ1v) is 6.08. The summed E-state index contributed by atoms with van der Waals surface area (Å²) >= 11 is 0. The van der Waals surface area contributed by atoms with E-state index in [1.54, 1.807) is 13.4 Å². The molecule has 1 aromatic heterocycles. The van der Waals surface area contributed by atoms with Crippen molar-refractivity contribution in [2.45, 2.75) is 38.0 Å². The van der Waals surface area contributed by atoms with Crippen LogP contribution in [0, 0.1) is 6.92 Å². The van der Waals surface area contributed by atoms with E-state index in [4.69, 9.17) is 14.9 Å². The van der Waals surface area contributed by atoms with Gasteiger partial charge in [-0.1, -0.05) is 0 Å². The monoisotopic (exact) mass is 238 g/mol. The molecule has 2 rings (SSSR count). The summed E-state index contributed by atoms with van der Waals surface area (Å²) in [5.41, 5.74) is 7.27. The molecule has 1 fully saturated rings. The first-order chi connectivity index (χ1) is 8.11. The van der Waals surface area contributed by atoms with Crippen LogP contribution in [0.15, 0.2) is 16.7 Å². The van der Waals surface area contributed by atoms with Crippen LogP contribution in [0.1, 0.15) is 24.2 Å². The van der Waals surface area contributed by atoms with Crippen molar-refractivity contribution in [3.63, 3.8) is 0 Å². The molecule has 0 aromatic carbocycles. The second-order valence-corrected chi connectivity index (χ2v) is 5.05. The van der Waals surface area contributed by atoms with Crippen molar-refractivity contribution in [1.82, 2.24) is 4.90 Å². The largest absolute Gasteiger partial charge is 0.469 e. The van der Waals surface area contributed by atoms with Gasteiger partial charge in [0.2, 0.25) is 0 Å². The molecule has 0 bridgehead atoms. The van der Waals surface area contributed by atoms with Crippen LogP contribution in [-0.4, -0.2) is 37.2 Å². The molecule has 4 heteroatoms. The fourth-order valence-electron chi connectivity index (χ4n) is 2.59. The third-order valence-corrected chi connectivity index (χ3v) is 4.11. The average molecular weight is 238 g/mol. The van der Waals surface area contributed by atoms with E-state index < -0.39 is 0 Å². The maximum atomic E-state index is 5.93. The molecule has 1 heterocycles. The van der Waals surface area contributed by atoms with Gasteiger partial charge in [-0.3, -0.25) is 4.90 Å². The Balaban J connectivity index is 2.00. The van der Waals surface area contributed by atoms with Crippen LogP contribution in [0.3, 0.4) is 0 Å². The number of rotatable bonds is 5. The van der Waals surface area contributed by atoms with Crippen molar-refractivity contribution in [1.29, 1.82) is 0 Å². The van der Waals surface area contributed by atoms with Crippen LogP contribution < -0.4 is 5.73 Å². The molecule has 1 aromatic rings. The Bertz CT molecular complexity index is 369. The summed E-state index contributed by atoms with van der Waals surface area (Å²) in [6.45, 7) is 3.56. The summed E-state index contributed by atoms with van der Waals surface area (Å²) in [5.74, 6) is 0.992. The van der Waals surface area contributed by atoms with E-state index in [-0.39, 0.29) is 5.54 Å². The number of hydrogen-bond acceptors (Lipinski definition) is 4. The van der Waals surface area contributed by atoms with Gasteiger partial charge in [-0.25, -0.2) is 0 Å². The molecule has 1 aliphatic carbocycles. The van der Waals surface area contributed by atoms with Gasteiger partial charge >= 0.3 is 0 Å². The Labute approximate surface area is 103 Å². The van der Waals surface area contributed by atoms with E-state index in [0.29, 0.717) is 12.6 Å². The number of nitrogens with zero attached hydrogens (tertiary/aromatic N) is 1. The van der Waals surface area contributed by atoms with E-state index >= 15 is 0 Å². The summed E-state index contributed by atoms with van der Waals surface area (Å²) in [6.07, 6.45) is 4.15. The minimum absolute atomic E-state index is 0.102. The lowest BCUT2D eigenvalue weighted by Gasteiger charge is -2.52. The standard InChI is InChI=1S/C13H22N2O2/c1-10-11(4-5-17-10)8-15(2)13(9-14)6-12(7-13)16-3/h4-5,12H,6-9,14H2,1-3H3. The molecular weight excluding hydrogens is 216 g/mol. The van der Waals surface area contributed by atoms with Crippen molar-refractivity contribution >= 4 is 0 Å². The van der Waals surface area contributed by atoms with Gasteiger partial charge in [0.25, 0.3) is 0 Å². The molecule has 0 saturated heterocycles. The fourth-order valence-corrected chi connectivity index (χ4v) is 2.59. The quantitative estimate of drug-likeness (QED) is 0.845. The van der Waals surface area contributed by atoms with E-state index in [1.165, 1.54) is 5.56 Å². The second-order valence-electron chi connectivity index (χ2n) is 5.05. The molecule has 4 nitrogen and oxygen atoms in total. The highest BCUT2D eigenvalue weighted by Crippen LogP contribution is 2.38. The normalized spacial score (nSPS) is 28.4. The predicted octanol–water partition coefficient (Wildman–Crippen LogP) is 1.53. The molecule has 2 N–H and O–H groups in total. The highest BCUT2D eigenvalue weighted by atomic mass is 16.5. The summed E-state index contributed by atoms with van der Waals surface area (Å²) < 4.78 is 10.7. The highest BCUT2D eigenvalue weighted by Gasteiger charge is 2.46. The fraction of sp³-hybridized carbons (Fsp3) is 0.692. The van der Waals surface area contributed by atoms with Crippen LogP contribution in [-0.2, 0) is 11.3 Å². The first-order valence-electron chi connectivity index (χ1n) is 6.08. The van der Waals surface area contributed by atoms with Crippen LogP contribution in [0.5, 0.6) is 0 Å². The number of ether oxygens (including phenoxy) is 1. The molecule has 17 heavy (non-hydrogen) atoms. The Morgan fingerprint density at radius 2 is 2.29 bits per heavy atom. The Morgan fingerprint density at radius 3 is 2.76 bits per heavy atom. The molecule has 1 saturated carbocycles. The van der Waals surface area contributed by atoms with Crippen molar-refractivity contribution in [2.75, 3.05) is 20.7 Å². The highest BCUT2D eigenvalue weighted by molar-refractivity contribution is 5.16. The lowest BCUT2D eigenvalue weighted by Crippen LogP contribution is -2.62. The number of hydrogen-bond donors (Lipinski definition) is 1. The van der Waals surface area contributed by atoms with Gasteiger partial charge in [-0.2, -0.15) is 0 Å². The molecule has 0 radical (unpaired) electrons. The molecule has 0 spiro atoms. The number of likely N-dealkylation sites (N-methyl/N-ethyl adjacent to an activating group) is 1.